The molecule has 1 aromatic rings. The fourth-order valence-electron chi connectivity index (χ4n) is 0.929. The lowest BCUT2D eigenvalue weighted by Crippen LogP contribution is -2.11. The molecular formula is C8H4F3IN2. The number of hydrogen-bond acceptors (Lipinski definition) is 2. The molecule has 74 valence electrons. The molecule has 1 heterocycles. The van der Waals surface area contributed by atoms with Gasteiger partial charge in [0.2, 0.25) is 0 Å². The molecule has 2 nitrogen and oxygen atoms in total. The van der Waals surface area contributed by atoms with E-state index < -0.39 is 11.7 Å². The quantitative estimate of drug-likeness (QED) is 0.748. The molecule has 0 aliphatic carbocycles. The van der Waals surface area contributed by atoms with E-state index >= 15 is 0 Å². The first-order valence-electron chi connectivity index (χ1n) is 3.53. The van der Waals surface area contributed by atoms with Crippen LogP contribution in [-0.4, -0.2) is 4.98 Å². The Morgan fingerprint density at radius 1 is 1.50 bits per heavy atom. The van der Waals surface area contributed by atoms with Gasteiger partial charge in [-0.05, 0) is 28.7 Å². The fourth-order valence-corrected chi connectivity index (χ4v) is 1.38. The zero-order valence-corrected chi connectivity index (χ0v) is 8.93. The van der Waals surface area contributed by atoms with Gasteiger partial charge in [0.1, 0.15) is 0 Å². The summed E-state index contributed by atoms with van der Waals surface area (Å²) in [6, 6.07) is 2.64. The van der Waals surface area contributed by atoms with Crippen LogP contribution in [0.4, 0.5) is 13.2 Å². The van der Waals surface area contributed by atoms with Crippen molar-refractivity contribution in [3.63, 3.8) is 0 Å². The van der Waals surface area contributed by atoms with Gasteiger partial charge in [0.05, 0.1) is 23.7 Å². The van der Waals surface area contributed by atoms with Crippen molar-refractivity contribution in [1.82, 2.24) is 4.98 Å². The number of alkyl halides is 3. The number of nitrogens with zero attached hydrogens (tertiary/aromatic N) is 2. The van der Waals surface area contributed by atoms with Gasteiger partial charge in [0.15, 0.2) is 0 Å². The molecule has 0 saturated carbocycles. The first kappa shape index (κ1) is 11.2. The summed E-state index contributed by atoms with van der Waals surface area (Å²) in [4.78, 5) is 3.58. The van der Waals surface area contributed by atoms with Gasteiger partial charge in [-0.1, -0.05) is 0 Å². The van der Waals surface area contributed by atoms with Gasteiger partial charge in [0, 0.05) is 9.77 Å². The molecule has 0 spiro atoms. The van der Waals surface area contributed by atoms with Crippen molar-refractivity contribution >= 4 is 22.6 Å². The minimum atomic E-state index is -4.44. The summed E-state index contributed by atoms with van der Waals surface area (Å²) in [6.07, 6.45) is -3.46. The van der Waals surface area contributed by atoms with Crippen molar-refractivity contribution in [2.24, 2.45) is 0 Å². The van der Waals surface area contributed by atoms with Gasteiger partial charge in [-0.2, -0.15) is 18.4 Å². The highest BCUT2D eigenvalue weighted by molar-refractivity contribution is 14.1. The van der Waals surface area contributed by atoms with E-state index in [9.17, 15) is 13.2 Å². The molecule has 0 radical (unpaired) electrons. The van der Waals surface area contributed by atoms with Crippen molar-refractivity contribution < 1.29 is 13.2 Å². The predicted octanol–water partition coefficient (Wildman–Crippen LogP) is 2.77. The van der Waals surface area contributed by atoms with E-state index in [4.69, 9.17) is 5.26 Å². The summed E-state index contributed by atoms with van der Waals surface area (Å²) in [5, 5.41) is 8.32. The number of rotatable bonds is 1. The van der Waals surface area contributed by atoms with Crippen LogP contribution in [-0.2, 0) is 12.6 Å². The summed E-state index contributed by atoms with van der Waals surface area (Å²) in [5.41, 5.74) is -1.05. The Labute approximate surface area is 91.9 Å². The van der Waals surface area contributed by atoms with E-state index in [1.165, 1.54) is 6.20 Å². The van der Waals surface area contributed by atoms with Gasteiger partial charge in [-0.15, -0.1) is 0 Å². The second kappa shape index (κ2) is 4.13. The molecule has 1 rings (SSSR count). The average molecular weight is 312 g/mol. The summed E-state index contributed by atoms with van der Waals surface area (Å²) < 4.78 is 37.6. The lowest BCUT2D eigenvalue weighted by Gasteiger charge is -2.09. The van der Waals surface area contributed by atoms with Gasteiger partial charge in [0.25, 0.3) is 0 Å². The molecule has 0 fully saturated rings. The number of hydrogen-bond donors (Lipinski definition) is 0. The van der Waals surface area contributed by atoms with Crippen molar-refractivity contribution in [2.75, 3.05) is 0 Å². The SMILES string of the molecule is N#CCc1ncc(I)cc1C(F)(F)F. The zero-order valence-electron chi connectivity index (χ0n) is 6.77. The maximum Gasteiger partial charge on any atom is 0.418 e. The average Bonchev–Trinajstić information content (AvgIpc) is 2.07. The fraction of sp³-hybridized carbons (Fsp3) is 0.250. The Bertz CT molecular complexity index is 381. The lowest BCUT2D eigenvalue weighted by molar-refractivity contribution is -0.138. The maximum atomic E-state index is 12.4. The van der Waals surface area contributed by atoms with E-state index in [0.29, 0.717) is 3.57 Å². The van der Waals surface area contributed by atoms with Crippen molar-refractivity contribution in [3.05, 3.63) is 27.1 Å². The molecule has 0 N–H and O–H groups in total. The predicted molar refractivity (Wildman–Crippen MR) is 51.3 cm³/mol. The van der Waals surface area contributed by atoms with Crippen molar-refractivity contribution in [2.45, 2.75) is 12.6 Å². The van der Waals surface area contributed by atoms with Crippen LogP contribution >= 0.6 is 22.6 Å². The van der Waals surface area contributed by atoms with Crippen molar-refractivity contribution in [3.8, 4) is 6.07 Å². The second-order valence-corrected chi connectivity index (χ2v) is 3.73. The summed E-state index contributed by atoms with van der Waals surface area (Å²) in [7, 11) is 0. The van der Waals surface area contributed by atoms with Crippen molar-refractivity contribution in [1.29, 1.82) is 5.26 Å². The topological polar surface area (TPSA) is 36.7 Å². The van der Waals surface area contributed by atoms with Gasteiger partial charge in [-0.25, -0.2) is 0 Å². The third kappa shape index (κ3) is 2.57. The third-order valence-electron chi connectivity index (χ3n) is 1.49. The van der Waals surface area contributed by atoms with E-state index in [1.807, 2.05) is 0 Å². The number of nitriles is 1. The normalized spacial score (nSPS) is 11.1. The van der Waals surface area contributed by atoms with Gasteiger partial charge in [-0.3, -0.25) is 4.98 Å². The molecule has 0 unspecified atom stereocenters. The summed E-state index contributed by atoms with van der Waals surface area (Å²) >= 11 is 1.75. The van der Waals surface area contributed by atoms with Crippen LogP contribution < -0.4 is 0 Å². The third-order valence-corrected chi connectivity index (χ3v) is 2.08. The monoisotopic (exact) mass is 312 g/mol. The second-order valence-electron chi connectivity index (χ2n) is 2.48. The minimum absolute atomic E-state index is 0.222. The summed E-state index contributed by atoms with van der Waals surface area (Å²) in [5.74, 6) is 0. The van der Waals surface area contributed by atoms with E-state index in [1.54, 1.807) is 28.7 Å². The number of halogens is 4. The highest BCUT2D eigenvalue weighted by atomic mass is 127. The smallest absolute Gasteiger partial charge is 0.258 e. The first-order chi connectivity index (χ1) is 6.45. The summed E-state index contributed by atoms with van der Waals surface area (Å²) in [6.45, 7) is 0. The van der Waals surface area contributed by atoms with Crippen LogP contribution in [0.25, 0.3) is 0 Å². The first-order valence-corrected chi connectivity index (χ1v) is 4.61. The Kier molecular flexibility index (Phi) is 3.31. The van der Waals surface area contributed by atoms with Crippen LogP contribution in [0.1, 0.15) is 11.3 Å². The number of aromatic nitrogens is 1. The number of pyridine rings is 1. The largest absolute Gasteiger partial charge is 0.418 e. The van der Waals surface area contributed by atoms with E-state index in [-0.39, 0.29) is 12.1 Å². The molecule has 0 aromatic carbocycles. The Morgan fingerprint density at radius 3 is 2.64 bits per heavy atom. The lowest BCUT2D eigenvalue weighted by atomic mass is 10.1. The Morgan fingerprint density at radius 2 is 2.14 bits per heavy atom. The molecule has 0 aliphatic heterocycles. The van der Waals surface area contributed by atoms with E-state index in [2.05, 4.69) is 4.98 Å². The zero-order chi connectivity index (χ0) is 10.8. The highest BCUT2D eigenvalue weighted by Crippen LogP contribution is 2.32. The molecule has 14 heavy (non-hydrogen) atoms. The molecule has 1 aromatic heterocycles. The van der Waals surface area contributed by atoms with Crippen LogP contribution in [0, 0.1) is 14.9 Å². The van der Waals surface area contributed by atoms with Gasteiger partial charge >= 0.3 is 6.18 Å². The molecule has 6 heteroatoms. The van der Waals surface area contributed by atoms with Crippen LogP contribution in [0.2, 0.25) is 0 Å². The van der Waals surface area contributed by atoms with E-state index in [0.717, 1.165) is 6.07 Å². The Hall–Kier alpha value is -0.840. The van der Waals surface area contributed by atoms with Crippen LogP contribution in [0.3, 0.4) is 0 Å². The Balaban J connectivity index is 3.24. The standard InChI is InChI=1S/C8H4F3IN2/c9-8(10,11)6-3-5(12)4-14-7(6)1-2-13/h3-4H,1H2. The van der Waals surface area contributed by atoms with Crippen LogP contribution in [0.5, 0.6) is 0 Å². The van der Waals surface area contributed by atoms with Crippen LogP contribution in [0.15, 0.2) is 12.3 Å². The molecule has 0 amide bonds. The van der Waals surface area contributed by atoms with Gasteiger partial charge < -0.3 is 0 Å². The molecule has 0 bridgehead atoms. The molecule has 0 aliphatic rings. The molecular weight excluding hydrogens is 308 g/mol. The molecule has 0 atom stereocenters. The highest BCUT2D eigenvalue weighted by Gasteiger charge is 2.34. The maximum absolute atomic E-state index is 12.4. The minimum Gasteiger partial charge on any atom is -0.258 e. The molecule has 0 saturated heterocycles.